The van der Waals surface area contributed by atoms with Crippen LogP contribution < -0.4 is 11.5 Å². The summed E-state index contributed by atoms with van der Waals surface area (Å²) in [5.74, 6) is -1.23. The molecule has 0 aliphatic rings. The summed E-state index contributed by atoms with van der Waals surface area (Å²) in [6, 6.07) is 7.37. The monoisotopic (exact) mass is 232 g/mol. The van der Waals surface area contributed by atoms with Crippen LogP contribution in [0.15, 0.2) is 24.3 Å². The van der Waals surface area contributed by atoms with Crippen molar-refractivity contribution in [2.75, 3.05) is 11.5 Å². The number of rotatable bonds is 2. The van der Waals surface area contributed by atoms with Crippen LogP contribution in [-0.4, -0.2) is 20.9 Å². The predicted molar refractivity (Wildman–Crippen MR) is 64.1 cm³/mol. The number of aromatic carboxylic acids is 1. The molecule has 6 nitrogen and oxygen atoms in total. The Bertz CT molecular complexity index is 589. The van der Waals surface area contributed by atoms with E-state index in [2.05, 4.69) is 5.10 Å². The first-order valence-corrected chi connectivity index (χ1v) is 4.95. The second-order valence-corrected chi connectivity index (χ2v) is 3.65. The third-order valence-electron chi connectivity index (χ3n) is 2.51. The highest BCUT2D eigenvalue weighted by atomic mass is 16.4. The van der Waals surface area contributed by atoms with Crippen LogP contribution in [0, 0.1) is 6.92 Å². The van der Waals surface area contributed by atoms with E-state index in [1.165, 1.54) is 4.68 Å². The van der Waals surface area contributed by atoms with Gasteiger partial charge < -0.3 is 16.6 Å². The Morgan fingerprint density at radius 1 is 1.35 bits per heavy atom. The molecule has 0 spiro atoms. The standard InChI is InChI=1S/C11H12N4O2/c1-6-4-2-3-5-7(6)15-10(13)8(11(16)17)9(12)14-15/h2-5H,13H2,1H3,(H2,12,14)(H,16,17). The molecule has 17 heavy (non-hydrogen) atoms. The summed E-state index contributed by atoms with van der Waals surface area (Å²) in [4.78, 5) is 11.0. The van der Waals surface area contributed by atoms with Crippen LogP contribution >= 0.6 is 0 Å². The molecule has 88 valence electrons. The van der Waals surface area contributed by atoms with Crippen molar-refractivity contribution in [2.45, 2.75) is 6.92 Å². The predicted octanol–water partition coefficient (Wildman–Crippen LogP) is 1.04. The Labute approximate surface area is 97.5 Å². The van der Waals surface area contributed by atoms with Crippen molar-refractivity contribution in [1.29, 1.82) is 0 Å². The summed E-state index contributed by atoms with van der Waals surface area (Å²) in [5, 5.41) is 12.9. The van der Waals surface area contributed by atoms with Crippen LogP contribution in [0.4, 0.5) is 11.6 Å². The topological polar surface area (TPSA) is 107 Å². The molecule has 1 heterocycles. The van der Waals surface area contributed by atoms with Gasteiger partial charge in [0.25, 0.3) is 0 Å². The number of carboxylic acid groups (broad SMARTS) is 1. The Morgan fingerprint density at radius 3 is 2.53 bits per heavy atom. The molecule has 6 heteroatoms. The summed E-state index contributed by atoms with van der Waals surface area (Å²) in [6.07, 6.45) is 0. The highest BCUT2D eigenvalue weighted by Gasteiger charge is 2.20. The van der Waals surface area contributed by atoms with Gasteiger partial charge in [-0.1, -0.05) is 18.2 Å². The third-order valence-corrected chi connectivity index (χ3v) is 2.51. The van der Waals surface area contributed by atoms with Crippen molar-refractivity contribution < 1.29 is 9.90 Å². The maximum atomic E-state index is 11.0. The quantitative estimate of drug-likeness (QED) is 0.717. The van der Waals surface area contributed by atoms with E-state index in [4.69, 9.17) is 16.6 Å². The molecule has 0 bridgehead atoms. The zero-order valence-corrected chi connectivity index (χ0v) is 9.21. The van der Waals surface area contributed by atoms with Crippen LogP contribution in [0.1, 0.15) is 15.9 Å². The molecule has 1 aromatic carbocycles. The molecular formula is C11H12N4O2. The Kier molecular flexibility index (Phi) is 2.47. The number of carboxylic acids is 1. The normalized spacial score (nSPS) is 10.4. The van der Waals surface area contributed by atoms with Gasteiger partial charge in [-0.2, -0.15) is 0 Å². The average Bonchev–Trinajstić information content (AvgIpc) is 2.55. The minimum absolute atomic E-state index is 0.0318. The van der Waals surface area contributed by atoms with E-state index in [1.54, 1.807) is 6.07 Å². The van der Waals surface area contributed by atoms with E-state index in [0.717, 1.165) is 5.56 Å². The first kappa shape index (κ1) is 11.0. The summed E-state index contributed by atoms with van der Waals surface area (Å²) in [7, 11) is 0. The number of carbonyl (C=O) groups is 1. The molecule has 0 fully saturated rings. The fraction of sp³-hybridized carbons (Fsp3) is 0.0909. The Hall–Kier alpha value is -2.50. The van der Waals surface area contributed by atoms with E-state index < -0.39 is 5.97 Å². The second-order valence-electron chi connectivity index (χ2n) is 3.65. The SMILES string of the molecule is Cc1ccccc1-n1nc(N)c(C(=O)O)c1N. The second kappa shape index (κ2) is 3.82. The molecular weight excluding hydrogens is 220 g/mol. The van der Waals surface area contributed by atoms with Gasteiger partial charge in [-0.25, -0.2) is 9.48 Å². The number of hydrogen-bond acceptors (Lipinski definition) is 4. The molecule has 0 unspecified atom stereocenters. The van der Waals surface area contributed by atoms with E-state index >= 15 is 0 Å². The van der Waals surface area contributed by atoms with E-state index in [9.17, 15) is 4.79 Å². The summed E-state index contributed by atoms with van der Waals surface area (Å²) < 4.78 is 1.34. The highest BCUT2D eigenvalue weighted by Crippen LogP contribution is 2.24. The van der Waals surface area contributed by atoms with Gasteiger partial charge in [0.05, 0.1) is 5.69 Å². The van der Waals surface area contributed by atoms with Crippen molar-refractivity contribution in [3.8, 4) is 5.69 Å². The number of para-hydroxylation sites is 1. The minimum Gasteiger partial charge on any atom is -0.477 e. The summed E-state index contributed by atoms with van der Waals surface area (Å²) in [6.45, 7) is 1.88. The molecule has 2 aromatic rings. The van der Waals surface area contributed by atoms with Crippen LogP contribution in [0.5, 0.6) is 0 Å². The van der Waals surface area contributed by atoms with Gasteiger partial charge in [0.2, 0.25) is 0 Å². The lowest BCUT2D eigenvalue weighted by molar-refractivity contribution is 0.0699. The number of nitrogens with zero attached hydrogens (tertiary/aromatic N) is 2. The number of hydrogen-bond donors (Lipinski definition) is 3. The van der Waals surface area contributed by atoms with Crippen LogP contribution in [-0.2, 0) is 0 Å². The zero-order chi connectivity index (χ0) is 12.6. The van der Waals surface area contributed by atoms with Crippen molar-refractivity contribution in [1.82, 2.24) is 9.78 Å². The fourth-order valence-corrected chi connectivity index (χ4v) is 1.65. The molecule has 0 aliphatic heterocycles. The van der Waals surface area contributed by atoms with E-state index in [-0.39, 0.29) is 17.2 Å². The number of nitrogens with two attached hydrogens (primary N) is 2. The number of nitrogen functional groups attached to an aromatic ring is 2. The van der Waals surface area contributed by atoms with Crippen molar-refractivity contribution in [2.24, 2.45) is 0 Å². The van der Waals surface area contributed by atoms with Gasteiger partial charge >= 0.3 is 5.97 Å². The molecule has 0 aliphatic carbocycles. The molecule has 0 radical (unpaired) electrons. The van der Waals surface area contributed by atoms with E-state index in [0.29, 0.717) is 5.69 Å². The molecule has 0 amide bonds. The van der Waals surface area contributed by atoms with Crippen LogP contribution in [0.25, 0.3) is 5.69 Å². The van der Waals surface area contributed by atoms with Crippen molar-refractivity contribution in [3.05, 3.63) is 35.4 Å². The molecule has 0 saturated heterocycles. The number of benzene rings is 1. The molecule has 1 aromatic heterocycles. The van der Waals surface area contributed by atoms with Gasteiger partial charge in [-0.3, -0.25) is 0 Å². The van der Waals surface area contributed by atoms with Gasteiger partial charge in [0.1, 0.15) is 11.4 Å². The largest absolute Gasteiger partial charge is 0.477 e. The number of aryl methyl sites for hydroxylation is 1. The highest BCUT2D eigenvalue weighted by molar-refractivity contribution is 5.98. The third kappa shape index (κ3) is 1.69. The first-order valence-electron chi connectivity index (χ1n) is 4.95. The van der Waals surface area contributed by atoms with Gasteiger partial charge in [0.15, 0.2) is 5.82 Å². The van der Waals surface area contributed by atoms with Gasteiger partial charge in [0, 0.05) is 0 Å². The van der Waals surface area contributed by atoms with Gasteiger partial charge in [-0.15, -0.1) is 5.10 Å². The van der Waals surface area contributed by atoms with Crippen molar-refractivity contribution in [3.63, 3.8) is 0 Å². The number of aromatic nitrogens is 2. The minimum atomic E-state index is -1.18. The maximum Gasteiger partial charge on any atom is 0.343 e. The molecule has 5 N–H and O–H groups in total. The maximum absolute atomic E-state index is 11.0. The van der Waals surface area contributed by atoms with Crippen LogP contribution in [0.2, 0.25) is 0 Å². The fourth-order valence-electron chi connectivity index (χ4n) is 1.65. The summed E-state index contributed by atoms with van der Waals surface area (Å²) in [5.41, 5.74) is 12.8. The van der Waals surface area contributed by atoms with Crippen molar-refractivity contribution >= 4 is 17.6 Å². The van der Waals surface area contributed by atoms with Crippen LogP contribution in [0.3, 0.4) is 0 Å². The van der Waals surface area contributed by atoms with Gasteiger partial charge in [-0.05, 0) is 18.6 Å². The lowest BCUT2D eigenvalue weighted by Gasteiger charge is -2.06. The van der Waals surface area contributed by atoms with E-state index in [1.807, 2.05) is 25.1 Å². The smallest absolute Gasteiger partial charge is 0.343 e. The Balaban J connectivity index is 2.66. The lowest BCUT2D eigenvalue weighted by atomic mass is 10.2. The molecule has 0 atom stereocenters. The lowest BCUT2D eigenvalue weighted by Crippen LogP contribution is -2.06. The molecule has 0 saturated carbocycles. The zero-order valence-electron chi connectivity index (χ0n) is 9.21. The Morgan fingerprint density at radius 2 is 2.00 bits per heavy atom. The molecule has 2 rings (SSSR count). The summed E-state index contributed by atoms with van der Waals surface area (Å²) >= 11 is 0. The number of anilines is 2. The average molecular weight is 232 g/mol. The first-order chi connectivity index (χ1) is 8.02.